The zero-order chi connectivity index (χ0) is 16.4. The standard InChI is InChI=1S/C17H20ClN3O2/c1-12-16(18)13(2)21(19-12)11-14-4-3-5-15(10-14)17(22)20-6-8-23-9-7-20/h3-5,10H,6-9,11H2,1-2H3. The molecule has 0 aliphatic carbocycles. The van der Waals surface area contributed by atoms with E-state index in [0.29, 0.717) is 43.4 Å². The molecule has 3 rings (SSSR count). The number of nitrogens with zero attached hydrogens (tertiary/aromatic N) is 3. The Kier molecular flexibility index (Phi) is 4.68. The molecule has 1 aromatic heterocycles. The molecule has 1 amide bonds. The summed E-state index contributed by atoms with van der Waals surface area (Å²) in [4.78, 5) is 14.4. The maximum Gasteiger partial charge on any atom is 0.254 e. The van der Waals surface area contributed by atoms with Crippen molar-refractivity contribution in [3.63, 3.8) is 0 Å². The molecule has 2 aromatic rings. The van der Waals surface area contributed by atoms with Gasteiger partial charge in [0.25, 0.3) is 5.91 Å². The van der Waals surface area contributed by atoms with Crippen molar-refractivity contribution in [2.45, 2.75) is 20.4 Å². The van der Waals surface area contributed by atoms with Crippen LogP contribution in [0.1, 0.15) is 27.3 Å². The van der Waals surface area contributed by atoms with Gasteiger partial charge in [-0.3, -0.25) is 9.48 Å². The SMILES string of the molecule is Cc1nn(Cc2cccc(C(=O)N3CCOCC3)c2)c(C)c1Cl. The fourth-order valence-electron chi connectivity index (χ4n) is 2.75. The van der Waals surface area contributed by atoms with E-state index < -0.39 is 0 Å². The van der Waals surface area contributed by atoms with Gasteiger partial charge in [-0.1, -0.05) is 23.7 Å². The van der Waals surface area contributed by atoms with Gasteiger partial charge in [0.05, 0.1) is 36.2 Å². The fraction of sp³-hybridized carbons (Fsp3) is 0.412. The van der Waals surface area contributed by atoms with Gasteiger partial charge >= 0.3 is 0 Å². The number of carbonyl (C=O) groups excluding carboxylic acids is 1. The lowest BCUT2D eigenvalue weighted by Crippen LogP contribution is -2.40. The molecule has 6 heteroatoms. The highest BCUT2D eigenvalue weighted by Gasteiger charge is 2.18. The molecule has 1 aliphatic rings. The van der Waals surface area contributed by atoms with Gasteiger partial charge in [0.2, 0.25) is 0 Å². The van der Waals surface area contributed by atoms with Gasteiger partial charge in [-0.15, -0.1) is 0 Å². The first-order valence-corrected chi connectivity index (χ1v) is 8.09. The Bertz CT molecular complexity index is 721. The van der Waals surface area contributed by atoms with E-state index in [1.807, 2.05) is 47.7 Å². The summed E-state index contributed by atoms with van der Waals surface area (Å²) in [5.74, 6) is 0.0570. The van der Waals surface area contributed by atoms with Crippen LogP contribution < -0.4 is 0 Å². The number of hydrogen-bond donors (Lipinski definition) is 0. The second kappa shape index (κ2) is 6.72. The van der Waals surface area contributed by atoms with Crippen LogP contribution in [0.2, 0.25) is 5.02 Å². The predicted molar refractivity (Wildman–Crippen MR) is 89.0 cm³/mol. The van der Waals surface area contributed by atoms with Crippen LogP contribution in [0.15, 0.2) is 24.3 Å². The smallest absolute Gasteiger partial charge is 0.254 e. The number of aryl methyl sites for hydroxylation is 1. The van der Waals surface area contributed by atoms with E-state index >= 15 is 0 Å². The van der Waals surface area contributed by atoms with Crippen LogP contribution in [0.5, 0.6) is 0 Å². The zero-order valence-corrected chi connectivity index (χ0v) is 14.1. The summed E-state index contributed by atoms with van der Waals surface area (Å²) in [6, 6.07) is 7.70. The van der Waals surface area contributed by atoms with E-state index in [-0.39, 0.29) is 5.91 Å². The first-order chi connectivity index (χ1) is 11.1. The number of aromatic nitrogens is 2. The summed E-state index contributed by atoms with van der Waals surface area (Å²) in [6.45, 7) is 6.95. The van der Waals surface area contributed by atoms with Gasteiger partial charge in [-0.25, -0.2) is 0 Å². The van der Waals surface area contributed by atoms with Gasteiger partial charge in [0.15, 0.2) is 0 Å². The van der Waals surface area contributed by atoms with Gasteiger partial charge in [-0.05, 0) is 31.5 Å². The molecule has 0 radical (unpaired) electrons. The molecular formula is C17H20ClN3O2. The second-order valence-electron chi connectivity index (χ2n) is 5.75. The van der Waals surface area contributed by atoms with Crippen molar-refractivity contribution in [3.05, 3.63) is 51.8 Å². The summed E-state index contributed by atoms with van der Waals surface area (Å²) in [6.07, 6.45) is 0. The molecule has 1 saturated heterocycles. The second-order valence-corrected chi connectivity index (χ2v) is 6.13. The zero-order valence-electron chi connectivity index (χ0n) is 13.4. The van der Waals surface area contributed by atoms with Gasteiger partial charge in [-0.2, -0.15) is 5.10 Å². The van der Waals surface area contributed by atoms with Crippen molar-refractivity contribution < 1.29 is 9.53 Å². The number of amides is 1. The topological polar surface area (TPSA) is 47.4 Å². The molecule has 122 valence electrons. The number of morpholine rings is 1. The van der Waals surface area contributed by atoms with Crippen molar-refractivity contribution in [2.24, 2.45) is 0 Å². The van der Waals surface area contributed by atoms with Gasteiger partial charge in [0.1, 0.15) is 0 Å². The number of hydrogen-bond acceptors (Lipinski definition) is 3. The van der Waals surface area contributed by atoms with E-state index in [9.17, 15) is 4.79 Å². The molecule has 5 nitrogen and oxygen atoms in total. The summed E-state index contributed by atoms with van der Waals surface area (Å²) in [7, 11) is 0. The minimum absolute atomic E-state index is 0.0570. The number of halogens is 1. The minimum atomic E-state index is 0.0570. The predicted octanol–water partition coefficient (Wildman–Crippen LogP) is 2.67. The van der Waals surface area contributed by atoms with Crippen LogP contribution >= 0.6 is 11.6 Å². The summed E-state index contributed by atoms with van der Waals surface area (Å²) in [5, 5.41) is 5.14. The third kappa shape index (κ3) is 3.41. The molecule has 0 atom stereocenters. The van der Waals surface area contributed by atoms with E-state index in [1.54, 1.807) is 0 Å². The van der Waals surface area contributed by atoms with Crippen LogP contribution in [0, 0.1) is 13.8 Å². The fourth-order valence-corrected chi connectivity index (χ4v) is 2.89. The summed E-state index contributed by atoms with van der Waals surface area (Å²) < 4.78 is 7.17. The molecular weight excluding hydrogens is 314 g/mol. The van der Waals surface area contributed by atoms with E-state index in [1.165, 1.54) is 0 Å². The Morgan fingerprint density at radius 3 is 2.70 bits per heavy atom. The van der Waals surface area contributed by atoms with Crippen molar-refractivity contribution in [1.82, 2.24) is 14.7 Å². The van der Waals surface area contributed by atoms with Crippen molar-refractivity contribution in [2.75, 3.05) is 26.3 Å². The molecule has 0 bridgehead atoms. The Balaban J connectivity index is 1.79. The van der Waals surface area contributed by atoms with Gasteiger partial charge < -0.3 is 9.64 Å². The molecule has 1 fully saturated rings. The molecule has 1 aliphatic heterocycles. The van der Waals surface area contributed by atoms with Crippen molar-refractivity contribution in [1.29, 1.82) is 0 Å². The first-order valence-electron chi connectivity index (χ1n) is 7.71. The van der Waals surface area contributed by atoms with Crippen molar-refractivity contribution >= 4 is 17.5 Å². The maximum absolute atomic E-state index is 12.6. The molecule has 0 unspecified atom stereocenters. The van der Waals surface area contributed by atoms with Crippen LogP contribution in [0.25, 0.3) is 0 Å². The highest BCUT2D eigenvalue weighted by molar-refractivity contribution is 6.31. The number of carbonyl (C=O) groups is 1. The third-order valence-electron chi connectivity index (χ3n) is 4.10. The monoisotopic (exact) mass is 333 g/mol. The molecule has 0 saturated carbocycles. The van der Waals surface area contributed by atoms with Crippen LogP contribution in [0.3, 0.4) is 0 Å². The molecule has 23 heavy (non-hydrogen) atoms. The Hall–Kier alpha value is -1.85. The Labute approximate surface area is 140 Å². The first kappa shape index (κ1) is 16.0. The van der Waals surface area contributed by atoms with Crippen molar-refractivity contribution in [3.8, 4) is 0 Å². The van der Waals surface area contributed by atoms with E-state index in [4.69, 9.17) is 16.3 Å². The maximum atomic E-state index is 12.6. The number of rotatable bonds is 3. The number of ether oxygens (including phenoxy) is 1. The summed E-state index contributed by atoms with van der Waals surface area (Å²) >= 11 is 6.19. The lowest BCUT2D eigenvalue weighted by Gasteiger charge is -2.27. The lowest BCUT2D eigenvalue weighted by atomic mass is 10.1. The van der Waals surface area contributed by atoms with Crippen LogP contribution in [0.4, 0.5) is 0 Å². The van der Waals surface area contributed by atoms with E-state index in [0.717, 1.165) is 17.0 Å². The van der Waals surface area contributed by atoms with Crippen LogP contribution in [-0.4, -0.2) is 46.9 Å². The van der Waals surface area contributed by atoms with E-state index in [2.05, 4.69) is 5.10 Å². The quantitative estimate of drug-likeness (QED) is 0.867. The average Bonchev–Trinajstić information content (AvgIpc) is 2.82. The summed E-state index contributed by atoms with van der Waals surface area (Å²) in [5.41, 5.74) is 3.50. The molecule has 0 N–H and O–H groups in total. The lowest BCUT2D eigenvalue weighted by molar-refractivity contribution is 0.0303. The number of benzene rings is 1. The minimum Gasteiger partial charge on any atom is -0.378 e. The highest BCUT2D eigenvalue weighted by Crippen LogP contribution is 2.20. The van der Waals surface area contributed by atoms with Crippen LogP contribution in [-0.2, 0) is 11.3 Å². The normalized spacial score (nSPS) is 15.0. The third-order valence-corrected chi connectivity index (χ3v) is 4.64. The molecule has 1 aromatic carbocycles. The van der Waals surface area contributed by atoms with Gasteiger partial charge in [0, 0.05) is 18.7 Å². The largest absolute Gasteiger partial charge is 0.378 e. The Morgan fingerprint density at radius 2 is 2.04 bits per heavy atom. The molecule has 2 heterocycles. The molecule has 0 spiro atoms. The average molecular weight is 334 g/mol. The highest BCUT2D eigenvalue weighted by atomic mass is 35.5. The Morgan fingerprint density at radius 1 is 1.30 bits per heavy atom.